The highest BCUT2D eigenvalue weighted by Gasteiger charge is 2.28. The highest BCUT2D eigenvalue weighted by molar-refractivity contribution is 6.73. The zero-order valence-corrected chi connectivity index (χ0v) is 10.3. The van der Waals surface area contributed by atoms with E-state index in [1.807, 2.05) is 0 Å². The smallest absolute Gasteiger partial charge is 0.493 e. The molecule has 0 saturated heterocycles. The molecule has 0 N–H and O–H groups in total. The van der Waals surface area contributed by atoms with E-state index in [1.54, 1.807) is 0 Å². The number of benzene rings is 1. The summed E-state index contributed by atoms with van der Waals surface area (Å²) < 4.78 is 55.5. The Morgan fingerprint density at radius 2 is 1.83 bits per heavy atom. The second kappa shape index (κ2) is 6.66. The topological polar surface area (TPSA) is 9.23 Å². The average Bonchev–Trinajstić information content (AvgIpc) is 2.27. The van der Waals surface area contributed by atoms with Crippen LogP contribution in [0.25, 0.3) is 0 Å². The average molecular weight is 263 g/mol. The van der Waals surface area contributed by atoms with Gasteiger partial charge in [0.25, 0.3) is 0 Å². The third-order valence-corrected chi connectivity index (χ3v) is 2.59. The number of unbranched alkanes of at least 4 members (excludes halogenated alkanes) is 3. The van der Waals surface area contributed by atoms with Crippen LogP contribution >= 0.6 is 0 Å². The molecule has 1 aromatic carbocycles. The van der Waals surface area contributed by atoms with Gasteiger partial charge >= 0.3 is 6.98 Å². The van der Waals surface area contributed by atoms with Crippen LogP contribution in [0.3, 0.4) is 0 Å². The minimum Gasteiger partial charge on any atom is -0.493 e. The molecule has 102 valence electrons. The van der Waals surface area contributed by atoms with Crippen molar-refractivity contribution in [1.29, 1.82) is 0 Å². The highest BCUT2D eigenvalue weighted by Crippen LogP contribution is 2.17. The second-order valence-electron chi connectivity index (χ2n) is 4.17. The van der Waals surface area contributed by atoms with Crippen LogP contribution in [0.2, 0.25) is 0 Å². The normalized spacial score (nSPS) is 11.6. The number of hydrogen-bond donors (Lipinski definition) is 0. The van der Waals surface area contributed by atoms with Crippen molar-refractivity contribution in [2.75, 3.05) is 6.61 Å². The van der Waals surface area contributed by atoms with E-state index in [4.69, 9.17) is 4.74 Å². The fourth-order valence-electron chi connectivity index (χ4n) is 1.58. The highest BCUT2D eigenvalue weighted by atomic mass is 19.4. The van der Waals surface area contributed by atoms with Crippen molar-refractivity contribution in [2.24, 2.45) is 0 Å². The predicted molar refractivity (Wildman–Crippen MR) is 64.7 cm³/mol. The summed E-state index contributed by atoms with van der Waals surface area (Å²) in [4.78, 5) is 0. The maximum Gasteiger partial charge on any atom is 0.512 e. The van der Waals surface area contributed by atoms with Gasteiger partial charge in [-0.3, -0.25) is 0 Å². The monoisotopic (exact) mass is 263 g/mol. The first-order chi connectivity index (χ1) is 8.45. The molecular formula is C12H16BF4O-. The van der Waals surface area contributed by atoms with Gasteiger partial charge in [0.1, 0.15) is 5.75 Å². The standard InChI is InChI=1S/C12H16BF4O/c1-2-3-4-5-8-18-10-6-7-11(12(14)9-10)13(15,16)17/h6-7,9H,2-5,8H2,1H3/q-1. The minimum absolute atomic E-state index is 0.146. The summed E-state index contributed by atoms with van der Waals surface area (Å²) in [5, 5.41) is 0. The number of rotatable bonds is 7. The van der Waals surface area contributed by atoms with Crippen molar-refractivity contribution in [1.82, 2.24) is 0 Å². The number of hydrogen-bond acceptors (Lipinski definition) is 1. The van der Waals surface area contributed by atoms with E-state index in [-0.39, 0.29) is 5.75 Å². The summed E-state index contributed by atoms with van der Waals surface area (Å²) in [6.45, 7) is -2.82. The van der Waals surface area contributed by atoms with Crippen molar-refractivity contribution in [3.8, 4) is 5.75 Å². The largest absolute Gasteiger partial charge is 0.512 e. The van der Waals surface area contributed by atoms with E-state index in [0.717, 1.165) is 43.9 Å². The Labute approximate surface area is 104 Å². The maximum absolute atomic E-state index is 13.2. The van der Waals surface area contributed by atoms with Crippen LogP contribution in [0.5, 0.6) is 5.75 Å². The van der Waals surface area contributed by atoms with Gasteiger partial charge < -0.3 is 17.7 Å². The molecule has 1 rings (SSSR count). The first kappa shape index (κ1) is 14.9. The lowest BCUT2D eigenvalue weighted by Crippen LogP contribution is -2.36. The first-order valence-electron chi connectivity index (χ1n) is 6.07. The molecule has 0 radical (unpaired) electrons. The molecule has 0 aliphatic carbocycles. The Balaban J connectivity index is 2.52. The maximum atomic E-state index is 13.2. The Kier molecular flexibility index (Phi) is 5.50. The molecule has 0 heterocycles. The molecule has 6 heteroatoms. The van der Waals surface area contributed by atoms with Gasteiger partial charge in [-0.05, 0) is 12.5 Å². The zero-order chi connectivity index (χ0) is 13.6. The lowest BCUT2D eigenvalue weighted by atomic mass is 9.80. The van der Waals surface area contributed by atoms with Crippen LogP contribution in [-0.2, 0) is 0 Å². The molecule has 0 saturated carbocycles. The summed E-state index contributed by atoms with van der Waals surface area (Å²) in [6, 6.07) is 2.69. The van der Waals surface area contributed by atoms with Gasteiger partial charge in [0.05, 0.1) is 12.4 Å². The van der Waals surface area contributed by atoms with Crippen LogP contribution in [0.15, 0.2) is 18.2 Å². The Morgan fingerprint density at radius 3 is 2.39 bits per heavy atom. The zero-order valence-electron chi connectivity index (χ0n) is 10.3. The van der Waals surface area contributed by atoms with Gasteiger partial charge in [-0.15, -0.1) is 0 Å². The van der Waals surface area contributed by atoms with Crippen LogP contribution in [0.4, 0.5) is 17.3 Å². The summed E-state index contributed by atoms with van der Waals surface area (Å²) >= 11 is 0. The Morgan fingerprint density at radius 1 is 1.11 bits per heavy atom. The van der Waals surface area contributed by atoms with E-state index in [0.29, 0.717) is 6.61 Å². The summed E-state index contributed by atoms with van der Waals surface area (Å²) in [6.07, 6.45) is 4.01. The third-order valence-electron chi connectivity index (χ3n) is 2.59. The first-order valence-corrected chi connectivity index (χ1v) is 6.07. The van der Waals surface area contributed by atoms with E-state index in [1.165, 1.54) is 0 Å². The molecule has 1 nitrogen and oxygen atoms in total. The van der Waals surface area contributed by atoms with Crippen LogP contribution in [0.1, 0.15) is 32.6 Å². The Hall–Kier alpha value is -1.20. The second-order valence-corrected chi connectivity index (χ2v) is 4.17. The van der Waals surface area contributed by atoms with Gasteiger partial charge in [-0.1, -0.05) is 37.7 Å². The van der Waals surface area contributed by atoms with Crippen molar-refractivity contribution in [3.05, 3.63) is 24.0 Å². The molecule has 0 atom stereocenters. The molecule has 0 spiro atoms. The molecule has 0 aliphatic rings. The minimum atomic E-state index is -5.30. The number of halogens is 4. The van der Waals surface area contributed by atoms with Crippen molar-refractivity contribution < 1.29 is 22.1 Å². The van der Waals surface area contributed by atoms with Gasteiger partial charge in [0, 0.05) is 6.07 Å². The Bertz CT molecular complexity index is 379. The SMILES string of the molecule is CCCCCCOc1ccc([B-](F)(F)F)c(F)c1. The third kappa shape index (κ3) is 4.59. The molecule has 0 bridgehead atoms. The summed E-state index contributed by atoms with van der Waals surface area (Å²) in [5.74, 6) is -1.12. The quantitative estimate of drug-likeness (QED) is 0.412. The molecule has 0 aliphatic heterocycles. The molecule has 0 amide bonds. The molecule has 0 fully saturated rings. The van der Waals surface area contributed by atoms with E-state index in [2.05, 4.69) is 6.92 Å². The molecule has 0 unspecified atom stereocenters. The molecule has 0 aromatic heterocycles. The van der Waals surface area contributed by atoms with Crippen molar-refractivity contribution in [3.63, 3.8) is 0 Å². The van der Waals surface area contributed by atoms with Gasteiger partial charge in [0.2, 0.25) is 0 Å². The summed E-state index contributed by atoms with van der Waals surface area (Å²) in [7, 11) is 0. The van der Waals surface area contributed by atoms with Crippen molar-refractivity contribution in [2.45, 2.75) is 32.6 Å². The van der Waals surface area contributed by atoms with Crippen LogP contribution < -0.4 is 10.2 Å². The van der Waals surface area contributed by atoms with Gasteiger partial charge in [-0.25, -0.2) is 4.39 Å². The van der Waals surface area contributed by atoms with Crippen LogP contribution in [0, 0.1) is 5.82 Å². The molecular weight excluding hydrogens is 247 g/mol. The van der Waals surface area contributed by atoms with E-state index in [9.17, 15) is 17.3 Å². The van der Waals surface area contributed by atoms with Gasteiger partial charge in [-0.2, -0.15) is 0 Å². The van der Waals surface area contributed by atoms with Gasteiger partial charge in [0.15, 0.2) is 0 Å². The fraction of sp³-hybridized carbons (Fsp3) is 0.500. The molecule has 1 aromatic rings. The predicted octanol–water partition coefficient (Wildman–Crippen LogP) is 3.84. The van der Waals surface area contributed by atoms with E-state index < -0.39 is 18.3 Å². The molecule has 18 heavy (non-hydrogen) atoms. The van der Waals surface area contributed by atoms with Crippen LogP contribution in [-0.4, -0.2) is 13.6 Å². The van der Waals surface area contributed by atoms with Crippen molar-refractivity contribution >= 4 is 12.4 Å². The lowest BCUT2D eigenvalue weighted by molar-refractivity contribution is 0.303. The summed E-state index contributed by atoms with van der Waals surface area (Å²) in [5.41, 5.74) is -1.20. The number of ether oxygens (including phenoxy) is 1. The lowest BCUT2D eigenvalue weighted by Gasteiger charge is -2.16. The van der Waals surface area contributed by atoms with E-state index >= 15 is 0 Å². The fourth-order valence-corrected chi connectivity index (χ4v) is 1.58.